The van der Waals surface area contributed by atoms with Crippen LogP contribution in [0.2, 0.25) is 0 Å². The van der Waals surface area contributed by atoms with E-state index in [1.54, 1.807) is 6.07 Å². The Bertz CT molecular complexity index is 713. The molecule has 134 valence electrons. The van der Waals surface area contributed by atoms with Gasteiger partial charge in [-0.05, 0) is 25.5 Å². The van der Waals surface area contributed by atoms with Crippen LogP contribution in [0.4, 0.5) is 4.79 Å². The summed E-state index contributed by atoms with van der Waals surface area (Å²) in [6, 6.07) is 2.52. The van der Waals surface area contributed by atoms with E-state index in [0.29, 0.717) is 6.42 Å². The van der Waals surface area contributed by atoms with Gasteiger partial charge >= 0.3 is 12.0 Å². The quantitative estimate of drug-likeness (QED) is 0.566. The topological polar surface area (TPSA) is 131 Å². The maximum Gasteiger partial charge on any atom is 0.349 e. The second kappa shape index (κ2) is 8.76. The molecule has 0 aliphatic carbocycles. The Balaban J connectivity index is 2.53. The molecule has 0 radical (unpaired) electrons. The molecule has 24 heavy (non-hydrogen) atoms. The molecule has 0 bridgehead atoms. The second-order valence-electron chi connectivity index (χ2n) is 4.80. The Labute approximate surface area is 143 Å². The molecule has 0 spiro atoms. The van der Waals surface area contributed by atoms with E-state index in [4.69, 9.17) is 4.74 Å². The number of hydrogen-bond acceptors (Lipinski definition) is 7. The van der Waals surface area contributed by atoms with Gasteiger partial charge < -0.3 is 10.1 Å². The zero-order valence-electron chi connectivity index (χ0n) is 13.4. The van der Waals surface area contributed by atoms with Gasteiger partial charge in [0, 0.05) is 18.5 Å². The predicted octanol–water partition coefficient (Wildman–Crippen LogP) is -0.159. The van der Waals surface area contributed by atoms with Gasteiger partial charge in [0.2, 0.25) is 10.0 Å². The molecule has 3 N–H and O–H groups in total. The van der Waals surface area contributed by atoms with E-state index in [0.717, 1.165) is 22.5 Å². The molecular formula is C13H19N3O6S2. The maximum absolute atomic E-state index is 12.0. The molecule has 0 saturated carbocycles. The zero-order chi connectivity index (χ0) is 18.3. The molecule has 0 fully saturated rings. The number of urea groups is 1. The summed E-state index contributed by atoms with van der Waals surface area (Å²) in [5, 5.41) is 4.22. The fraction of sp³-hybridized carbons (Fsp3) is 0.462. The molecule has 3 amide bonds. The van der Waals surface area contributed by atoms with Crippen LogP contribution < -0.4 is 15.4 Å². The van der Waals surface area contributed by atoms with Crippen molar-refractivity contribution >= 4 is 39.3 Å². The number of carbonyl (C=O) groups is 3. The molecule has 9 nitrogen and oxygen atoms in total. The predicted molar refractivity (Wildman–Crippen MR) is 88.3 cm³/mol. The average molecular weight is 377 g/mol. The normalized spacial score (nSPS) is 12.3. The molecule has 1 heterocycles. The van der Waals surface area contributed by atoms with Crippen molar-refractivity contribution in [2.75, 3.05) is 19.8 Å². The third-order valence-electron chi connectivity index (χ3n) is 2.72. The van der Waals surface area contributed by atoms with Crippen molar-refractivity contribution in [2.24, 2.45) is 0 Å². The van der Waals surface area contributed by atoms with E-state index in [1.807, 2.05) is 5.32 Å². The minimum atomic E-state index is -3.26. The first-order valence-corrected chi connectivity index (χ1v) is 9.60. The van der Waals surface area contributed by atoms with Gasteiger partial charge in [-0.3, -0.25) is 10.1 Å². The van der Waals surface area contributed by atoms with Crippen LogP contribution in [0, 0.1) is 0 Å². The molecule has 1 atom stereocenters. The van der Waals surface area contributed by atoms with Gasteiger partial charge in [0.05, 0.1) is 6.26 Å². The van der Waals surface area contributed by atoms with Crippen LogP contribution >= 0.6 is 11.3 Å². The zero-order valence-corrected chi connectivity index (χ0v) is 15.0. The molecule has 0 aliphatic heterocycles. The molecule has 1 aromatic heterocycles. The summed E-state index contributed by atoms with van der Waals surface area (Å²) >= 11 is 1.14. The summed E-state index contributed by atoms with van der Waals surface area (Å²) in [5.41, 5.74) is 0. The van der Waals surface area contributed by atoms with Crippen LogP contribution in [0.5, 0.6) is 0 Å². The van der Waals surface area contributed by atoms with Crippen LogP contribution in [-0.4, -0.2) is 52.3 Å². The minimum absolute atomic E-state index is 0.221. The summed E-state index contributed by atoms with van der Waals surface area (Å²) in [5.74, 6) is -1.43. The Hall–Kier alpha value is -1.98. The number of nitrogens with one attached hydrogen (secondary N) is 3. The summed E-state index contributed by atoms with van der Waals surface area (Å²) in [6.07, 6.45) is 0.361. The number of hydrogen-bond donors (Lipinski definition) is 3. The molecule has 1 aromatic rings. The Kier molecular flexibility index (Phi) is 7.32. The van der Waals surface area contributed by atoms with Crippen LogP contribution in [0.1, 0.15) is 21.5 Å². The highest BCUT2D eigenvalue weighted by atomic mass is 32.2. The van der Waals surface area contributed by atoms with Crippen LogP contribution in [0.25, 0.3) is 0 Å². The van der Waals surface area contributed by atoms with E-state index in [2.05, 4.69) is 10.0 Å². The van der Waals surface area contributed by atoms with Crippen molar-refractivity contribution in [1.29, 1.82) is 0 Å². The number of amides is 3. The molecule has 0 unspecified atom stereocenters. The smallest absolute Gasteiger partial charge is 0.349 e. The van der Waals surface area contributed by atoms with E-state index in [1.165, 1.54) is 20.0 Å². The molecule has 0 aromatic carbocycles. The maximum atomic E-state index is 12.0. The number of imide groups is 1. The van der Waals surface area contributed by atoms with Crippen molar-refractivity contribution in [3.8, 4) is 0 Å². The number of ether oxygens (including phenoxy) is 1. The number of thiophene rings is 1. The third-order valence-corrected chi connectivity index (χ3v) is 4.57. The van der Waals surface area contributed by atoms with Crippen LogP contribution in [0.15, 0.2) is 12.1 Å². The molecule has 1 rings (SSSR count). The Morgan fingerprint density at radius 1 is 1.29 bits per heavy atom. The van der Waals surface area contributed by atoms with Gasteiger partial charge in [-0.15, -0.1) is 11.3 Å². The lowest BCUT2D eigenvalue weighted by Gasteiger charge is -2.11. The average Bonchev–Trinajstić information content (AvgIpc) is 2.94. The minimum Gasteiger partial charge on any atom is -0.448 e. The van der Waals surface area contributed by atoms with E-state index >= 15 is 0 Å². The molecular weight excluding hydrogens is 358 g/mol. The number of esters is 1. The number of rotatable bonds is 7. The standard InChI is InChI=1S/C13H19N3O6S2/c1-8(11(17)16-13(19)14-2)22-12(18)10-5-4-9(23-10)6-7-15-24(3,20)21/h4-5,8,15H,6-7H2,1-3H3,(H2,14,16,17,19)/t8-/m1/s1. The van der Waals surface area contributed by atoms with E-state index in [9.17, 15) is 22.8 Å². The van der Waals surface area contributed by atoms with Crippen molar-refractivity contribution < 1.29 is 27.5 Å². The fourth-order valence-electron chi connectivity index (χ4n) is 1.53. The SMILES string of the molecule is CNC(=O)NC(=O)[C@@H](C)OC(=O)c1ccc(CCNS(C)(=O)=O)s1. The largest absolute Gasteiger partial charge is 0.448 e. The first-order chi connectivity index (χ1) is 11.1. The van der Waals surface area contributed by atoms with Crippen molar-refractivity contribution in [3.05, 3.63) is 21.9 Å². The first kappa shape index (κ1) is 20.1. The molecule has 0 saturated heterocycles. The van der Waals surface area contributed by atoms with Crippen molar-refractivity contribution in [2.45, 2.75) is 19.4 Å². The Morgan fingerprint density at radius 2 is 1.96 bits per heavy atom. The second-order valence-corrected chi connectivity index (χ2v) is 7.80. The van der Waals surface area contributed by atoms with E-state index < -0.39 is 34.0 Å². The lowest BCUT2D eigenvalue weighted by Crippen LogP contribution is -2.43. The van der Waals surface area contributed by atoms with Crippen LogP contribution in [0.3, 0.4) is 0 Å². The Morgan fingerprint density at radius 3 is 2.54 bits per heavy atom. The summed E-state index contributed by atoms with van der Waals surface area (Å²) in [7, 11) is -1.90. The highest BCUT2D eigenvalue weighted by Crippen LogP contribution is 2.18. The lowest BCUT2D eigenvalue weighted by molar-refractivity contribution is -0.127. The summed E-state index contributed by atoms with van der Waals surface area (Å²) in [4.78, 5) is 35.7. The van der Waals surface area contributed by atoms with Gasteiger partial charge in [0.25, 0.3) is 5.91 Å². The van der Waals surface area contributed by atoms with Gasteiger partial charge in [-0.2, -0.15) is 0 Å². The monoisotopic (exact) mass is 377 g/mol. The molecule has 11 heteroatoms. The van der Waals surface area contributed by atoms with Gasteiger partial charge in [-0.1, -0.05) is 0 Å². The fourth-order valence-corrected chi connectivity index (χ4v) is 2.89. The third kappa shape index (κ3) is 7.06. The van der Waals surface area contributed by atoms with Crippen molar-refractivity contribution in [3.63, 3.8) is 0 Å². The number of carbonyl (C=O) groups excluding carboxylic acids is 3. The molecule has 0 aliphatic rings. The summed E-state index contributed by atoms with van der Waals surface area (Å²) in [6.45, 7) is 1.57. The first-order valence-electron chi connectivity index (χ1n) is 6.89. The van der Waals surface area contributed by atoms with Gasteiger partial charge in [0.1, 0.15) is 4.88 Å². The highest BCUT2D eigenvalue weighted by molar-refractivity contribution is 7.88. The summed E-state index contributed by atoms with van der Waals surface area (Å²) < 4.78 is 29.3. The van der Waals surface area contributed by atoms with Crippen LogP contribution in [-0.2, 0) is 26.0 Å². The van der Waals surface area contributed by atoms with E-state index in [-0.39, 0.29) is 11.4 Å². The van der Waals surface area contributed by atoms with Gasteiger partial charge in [-0.25, -0.2) is 22.7 Å². The highest BCUT2D eigenvalue weighted by Gasteiger charge is 2.21. The van der Waals surface area contributed by atoms with Gasteiger partial charge in [0.15, 0.2) is 6.10 Å². The number of sulfonamides is 1. The van der Waals surface area contributed by atoms with Crippen molar-refractivity contribution in [1.82, 2.24) is 15.4 Å². The lowest BCUT2D eigenvalue weighted by atomic mass is 10.3.